The van der Waals surface area contributed by atoms with Crippen molar-refractivity contribution in [1.29, 1.82) is 0 Å². The number of para-hydroxylation sites is 1. The van der Waals surface area contributed by atoms with E-state index in [1.807, 2.05) is 54.6 Å². The minimum atomic E-state index is -0.521. The van der Waals surface area contributed by atoms with Crippen molar-refractivity contribution in [2.24, 2.45) is 0 Å². The summed E-state index contributed by atoms with van der Waals surface area (Å²) in [5, 5.41) is 9.85. The zero-order chi connectivity index (χ0) is 20.1. The van der Waals surface area contributed by atoms with Gasteiger partial charge in [0.15, 0.2) is 5.69 Å². The lowest BCUT2D eigenvalue weighted by atomic mass is 10.2. The second-order valence-corrected chi connectivity index (χ2v) is 6.55. The molecule has 1 heterocycles. The summed E-state index contributed by atoms with van der Waals surface area (Å²) < 4.78 is 5.81. The van der Waals surface area contributed by atoms with Crippen LogP contribution in [0.2, 0.25) is 0 Å². The van der Waals surface area contributed by atoms with E-state index >= 15 is 0 Å². The average molecular weight is 385 g/mol. The molecule has 0 aliphatic carbocycles. The molecule has 0 aliphatic rings. The van der Waals surface area contributed by atoms with E-state index in [4.69, 9.17) is 4.74 Å². The number of fused-ring (bicyclic) bond motifs is 1. The van der Waals surface area contributed by atoms with Gasteiger partial charge in [0.25, 0.3) is 5.91 Å². The van der Waals surface area contributed by atoms with Gasteiger partial charge in [-0.1, -0.05) is 54.6 Å². The summed E-state index contributed by atoms with van der Waals surface area (Å²) in [7, 11) is 0. The summed E-state index contributed by atoms with van der Waals surface area (Å²) in [6, 6.07) is 24.3. The van der Waals surface area contributed by atoms with Gasteiger partial charge in [0.1, 0.15) is 12.4 Å². The van der Waals surface area contributed by atoms with Crippen molar-refractivity contribution in [3.63, 3.8) is 0 Å². The molecule has 0 bridgehead atoms. The van der Waals surface area contributed by atoms with Crippen LogP contribution in [0.1, 0.15) is 21.6 Å². The number of hydrogen-bond acceptors (Lipinski definition) is 4. The first kappa shape index (κ1) is 18.4. The molecule has 0 atom stereocenters. The molecule has 0 aliphatic heterocycles. The number of ether oxygens (including phenoxy) is 1. The normalized spacial score (nSPS) is 10.6. The number of H-pyrrole nitrogens is 1. The third-order valence-corrected chi connectivity index (χ3v) is 4.49. The number of nitrogens with zero attached hydrogens (tertiary/aromatic N) is 1. The Labute approximate surface area is 167 Å². The highest BCUT2D eigenvalue weighted by atomic mass is 16.5. The number of carbonyl (C=O) groups excluding carboxylic acids is 1. The molecule has 0 fully saturated rings. The van der Waals surface area contributed by atoms with Gasteiger partial charge in [-0.25, -0.2) is 0 Å². The molecule has 6 heteroatoms. The van der Waals surface area contributed by atoms with Crippen LogP contribution in [0.25, 0.3) is 10.9 Å². The van der Waals surface area contributed by atoms with Crippen LogP contribution in [-0.2, 0) is 13.2 Å². The van der Waals surface area contributed by atoms with Crippen LogP contribution in [0.5, 0.6) is 5.75 Å². The Hall–Kier alpha value is -3.93. The van der Waals surface area contributed by atoms with E-state index in [9.17, 15) is 9.59 Å². The summed E-state index contributed by atoms with van der Waals surface area (Å²) in [6.07, 6.45) is 0. The predicted molar refractivity (Wildman–Crippen MR) is 111 cm³/mol. The molecule has 0 radical (unpaired) electrons. The van der Waals surface area contributed by atoms with Crippen molar-refractivity contribution >= 4 is 16.8 Å². The minimum Gasteiger partial charge on any atom is -0.489 e. The third-order valence-electron chi connectivity index (χ3n) is 4.49. The van der Waals surface area contributed by atoms with Crippen LogP contribution in [-0.4, -0.2) is 16.1 Å². The predicted octanol–water partition coefficient (Wildman–Crippen LogP) is 3.43. The molecule has 3 aromatic carbocycles. The molecular weight excluding hydrogens is 366 g/mol. The number of aromatic amines is 1. The highest BCUT2D eigenvalue weighted by molar-refractivity contribution is 5.95. The van der Waals surface area contributed by atoms with E-state index in [1.54, 1.807) is 24.3 Å². The van der Waals surface area contributed by atoms with E-state index in [1.165, 1.54) is 0 Å². The molecule has 144 valence electrons. The molecule has 2 N–H and O–H groups in total. The summed E-state index contributed by atoms with van der Waals surface area (Å²) >= 11 is 0. The van der Waals surface area contributed by atoms with Crippen LogP contribution < -0.4 is 15.5 Å². The second-order valence-electron chi connectivity index (χ2n) is 6.55. The number of rotatable bonds is 6. The molecule has 4 rings (SSSR count). The van der Waals surface area contributed by atoms with Crippen LogP contribution >= 0.6 is 0 Å². The number of aromatic nitrogens is 2. The first-order valence-corrected chi connectivity index (χ1v) is 9.22. The van der Waals surface area contributed by atoms with Crippen LogP contribution in [0.15, 0.2) is 83.7 Å². The van der Waals surface area contributed by atoms with Gasteiger partial charge in [0.2, 0.25) is 5.43 Å². The lowest BCUT2D eigenvalue weighted by molar-refractivity contribution is 0.0944. The average Bonchev–Trinajstić information content (AvgIpc) is 2.77. The van der Waals surface area contributed by atoms with Gasteiger partial charge in [-0.2, -0.15) is 5.10 Å². The molecule has 0 saturated heterocycles. The number of amides is 1. The standard InChI is InChI=1S/C23H19N3O3/c27-22-19-11-4-5-12-20(19)25-26-21(22)23(28)24-14-17-9-6-10-18(13-17)29-15-16-7-2-1-3-8-16/h1-13H,14-15H2,(H,24,28)(H,25,27). The molecule has 0 spiro atoms. The quantitative estimate of drug-likeness (QED) is 0.533. The number of carbonyl (C=O) groups is 1. The second kappa shape index (κ2) is 8.39. The van der Waals surface area contributed by atoms with Crippen molar-refractivity contribution in [1.82, 2.24) is 15.5 Å². The van der Waals surface area contributed by atoms with Gasteiger partial charge >= 0.3 is 0 Å². The number of nitrogens with one attached hydrogen (secondary N) is 2. The van der Waals surface area contributed by atoms with Gasteiger partial charge in [0, 0.05) is 11.9 Å². The van der Waals surface area contributed by atoms with Gasteiger partial charge in [-0.3, -0.25) is 14.7 Å². The fourth-order valence-corrected chi connectivity index (χ4v) is 2.98. The van der Waals surface area contributed by atoms with E-state index in [0.717, 1.165) is 11.1 Å². The van der Waals surface area contributed by atoms with Gasteiger partial charge in [-0.05, 0) is 35.4 Å². The molecule has 0 unspecified atom stereocenters. The Morgan fingerprint density at radius 3 is 2.55 bits per heavy atom. The van der Waals surface area contributed by atoms with Crippen LogP contribution in [0.4, 0.5) is 0 Å². The summed E-state index contributed by atoms with van der Waals surface area (Å²) in [5.74, 6) is 0.190. The third kappa shape index (κ3) is 4.32. The summed E-state index contributed by atoms with van der Waals surface area (Å²) in [5.41, 5.74) is 1.99. The Morgan fingerprint density at radius 2 is 1.69 bits per heavy atom. The molecule has 6 nitrogen and oxygen atoms in total. The Morgan fingerprint density at radius 1 is 0.931 bits per heavy atom. The zero-order valence-electron chi connectivity index (χ0n) is 15.6. The summed E-state index contributed by atoms with van der Waals surface area (Å²) in [6.45, 7) is 0.725. The van der Waals surface area contributed by atoms with Crippen molar-refractivity contribution in [3.8, 4) is 5.75 Å². The van der Waals surface area contributed by atoms with Crippen molar-refractivity contribution in [3.05, 3.63) is 106 Å². The van der Waals surface area contributed by atoms with Crippen molar-refractivity contribution < 1.29 is 9.53 Å². The lowest BCUT2D eigenvalue weighted by Crippen LogP contribution is -2.30. The minimum absolute atomic E-state index is 0.153. The molecule has 1 amide bonds. The van der Waals surface area contributed by atoms with Crippen LogP contribution in [0.3, 0.4) is 0 Å². The SMILES string of the molecule is O=C(NCc1cccc(OCc2ccccc2)c1)c1n[nH]c2ccccc2c1=O. The topological polar surface area (TPSA) is 84.1 Å². The Bertz CT molecular complexity index is 1200. The maximum Gasteiger partial charge on any atom is 0.276 e. The van der Waals surface area contributed by atoms with Crippen molar-refractivity contribution in [2.45, 2.75) is 13.2 Å². The molecule has 0 saturated carbocycles. The highest BCUT2D eigenvalue weighted by Crippen LogP contribution is 2.15. The lowest BCUT2D eigenvalue weighted by Gasteiger charge is -2.09. The van der Waals surface area contributed by atoms with E-state index < -0.39 is 11.3 Å². The van der Waals surface area contributed by atoms with Gasteiger partial charge in [0.05, 0.1) is 5.52 Å². The fourth-order valence-electron chi connectivity index (χ4n) is 2.98. The zero-order valence-corrected chi connectivity index (χ0v) is 15.6. The van der Waals surface area contributed by atoms with Crippen LogP contribution in [0, 0.1) is 0 Å². The maximum absolute atomic E-state index is 12.5. The highest BCUT2D eigenvalue weighted by Gasteiger charge is 2.14. The molecule has 29 heavy (non-hydrogen) atoms. The van der Waals surface area contributed by atoms with Gasteiger partial charge < -0.3 is 10.1 Å². The summed E-state index contributed by atoms with van der Waals surface area (Å²) in [4.78, 5) is 24.9. The maximum atomic E-state index is 12.5. The molecule has 4 aromatic rings. The first-order valence-electron chi connectivity index (χ1n) is 9.22. The number of hydrogen-bond donors (Lipinski definition) is 2. The molecule has 1 aromatic heterocycles. The van der Waals surface area contributed by atoms with E-state index in [-0.39, 0.29) is 12.2 Å². The Kier molecular flexibility index (Phi) is 5.33. The fraction of sp³-hybridized carbons (Fsp3) is 0.0870. The van der Waals surface area contributed by atoms with E-state index in [0.29, 0.717) is 23.3 Å². The monoisotopic (exact) mass is 385 g/mol. The first-order chi connectivity index (χ1) is 14.2. The Balaban J connectivity index is 1.42. The van der Waals surface area contributed by atoms with Gasteiger partial charge in [-0.15, -0.1) is 0 Å². The molecular formula is C23H19N3O3. The smallest absolute Gasteiger partial charge is 0.276 e. The number of benzene rings is 3. The van der Waals surface area contributed by atoms with E-state index in [2.05, 4.69) is 15.5 Å². The van der Waals surface area contributed by atoms with Crippen molar-refractivity contribution in [2.75, 3.05) is 0 Å². The largest absolute Gasteiger partial charge is 0.489 e.